The summed E-state index contributed by atoms with van der Waals surface area (Å²) in [4.78, 5) is 3.95. The van der Waals surface area contributed by atoms with Crippen molar-refractivity contribution in [2.24, 2.45) is 0 Å². The van der Waals surface area contributed by atoms with Crippen LogP contribution in [0.2, 0.25) is 0 Å². The van der Waals surface area contributed by atoms with Crippen LogP contribution in [-0.2, 0) is 0 Å². The molecule has 1 rings (SSSR count). The maximum absolute atomic E-state index is 3.95. The summed E-state index contributed by atoms with van der Waals surface area (Å²) < 4.78 is 3.84. The molecule has 3 nitrogen and oxygen atoms in total. The zero-order valence-corrected chi connectivity index (χ0v) is 6.40. The highest BCUT2D eigenvalue weighted by atomic mass is 32.1. The van der Waals surface area contributed by atoms with Gasteiger partial charge in [0.05, 0.1) is 0 Å². The second-order valence-corrected chi connectivity index (χ2v) is 2.53. The fraction of sp³-hybridized carbons (Fsp3) is 0.333. The maximum atomic E-state index is 3.95. The summed E-state index contributed by atoms with van der Waals surface area (Å²) in [6.07, 6.45) is 4.37. The van der Waals surface area contributed by atoms with Gasteiger partial charge in [0.1, 0.15) is 6.33 Å². The normalized spacial score (nSPS) is 9.20. The molecule has 1 aromatic heterocycles. The molecule has 0 spiro atoms. The molecule has 0 saturated heterocycles. The lowest BCUT2D eigenvalue weighted by Gasteiger charge is -1.95. The van der Waals surface area contributed by atoms with Crippen LogP contribution >= 0.6 is 11.5 Å². The van der Waals surface area contributed by atoms with Crippen molar-refractivity contribution in [1.82, 2.24) is 9.36 Å². The average molecular weight is 155 g/mol. The van der Waals surface area contributed by atoms with Gasteiger partial charge in [0.25, 0.3) is 0 Å². The van der Waals surface area contributed by atoms with Gasteiger partial charge in [0.2, 0.25) is 5.13 Å². The Morgan fingerprint density at radius 1 is 1.80 bits per heavy atom. The molecule has 0 bridgehead atoms. The fourth-order valence-electron chi connectivity index (χ4n) is 0.532. The molecule has 54 valence electrons. The van der Waals surface area contributed by atoms with Gasteiger partial charge in [-0.1, -0.05) is 6.08 Å². The molecule has 0 amide bonds. The fourth-order valence-corrected chi connectivity index (χ4v) is 0.987. The second kappa shape index (κ2) is 4.00. The van der Waals surface area contributed by atoms with Crippen LogP contribution in [0.25, 0.3) is 0 Å². The third kappa shape index (κ3) is 2.14. The molecule has 1 heterocycles. The number of hydrogen-bond acceptors (Lipinski definition) is 4. The van der Waals surface area contributed by atoms with Crippen LogP contribution in [0.1, 0.15) is 6.42 Å². The highest BCUT2D eigenvalue weighted by molar-refractivity contribution is 7.09. The topological polar surface area (TPSA) is 37.8 Å². The molecule has 0 aliphatic rings. The lowest BCUT2D eigenvalue weighted by molar-refractivity contribution is 1.06. The molecule has 0 unspecified atom stereocenters. The number of aromatic nitrogens is 2. The summed E-state index contributed by atoms with van der Waals surface area (Å²) in [6.45, 7) is 4.49. The van der Waals surface area contributed by atoms with Crippen molar-refractivity contribution >= 4 is 16.7 Å². The summed E-state index contributed by atoms with van der Waals surface area (Å²) in [5, 5.41) is 3.98. The van der Waals surface area contributed by atoms with Crippen molar-refractivity contribution in [3.05, 3.63) is 19.0 Å². The minimum Gasteiger partial charge on any atom is -0.360 e. The number of nitrogens with zero attached hydrogens (tertiary/aromatic N) is 2. The molecule has 10 heavy (non-hydrogen) atoms. The zero-order chi connectivity index (χ0) is 7.23. The largest absolute Gasteiger partial charge is 0.360 e. The SMILES string of the molecule is C=CCCNc1ncns1. The van der Waals surface area contributed by atoms with Gasteiger partial charge in [-0.15, -0.1) is 6.58 Å². The Kier molecular flexibility index (Phi) is 2.89. The lowest BCUT2D eigenvalue weighted by Crippen LogP contribution is -1.98. The number of hydrogen-bond donors (Lipinski definition) is 1. The van der Waals surface area contributed by atoms with Crippen LogP contribution in [0.5, 0.6) is 0 Å². The molecule has 0 atom stereocenters. The first kappa shape index (κ1) is 7.21. The lowest BCUT2D eigenvalue weighted by atomic mass is 10.4. The Balaban J connectivity index is 2.21. The van der Waals surface area contributed by atoms with Crippen molar-refractivity contribution in [2.45, 2.75) is 6.42 Å². The van der Waals surface area contributed by atoms with Crippen LogP contribution in [0, 0.1) is 0 Å². The summed E-state index contributed by atoms with van der Waals surface area (Å²) in [7, 11) is 0. The molecule has 0 radical (unpaired) electrons. The van der Waals surface area contributed by atoms with E-state index in [1.54, 1.807) is 6.33 Å². The van der Waals surface area contributed by atoms with Crippen LogP contribution in [0.4, 0.5) is 5.13 Å². The van der Waals surface area contributed by atoms with Gasteiger partial charge in [0, 0.05) is 18.1 Å². The third-order valence-corrected chi connectivity index (χ3v) is 1.61. The van der Waals surface area contributed by atoms with E-state index < -0.39 is 0 Å². The number of rotatable bonds is 4. The molecule has 0 aromatic carbocycles. The van der Waals surface area contributed by atoms with Gasteiger partial charge in [0.15, 0.2) is 0 Å². The third-order valence-electron chi connectivity index (χ3n) is 0.986. The van der Waals surface area contributed by atoms with Crippen molar-refractivity contribution < 1.29 is 0 Å². The summed E-state index contributed by atoms with van der Waals surface area (Å²) in [5.74, 6) is 0. The predicted molar refractivity (Wildman–Crippen MR) is 43.2 cm³/mol. The van der Waals surface area contributed by atoms with E-state index in [1.807, 2.05) is 6.08 Å². The monoisotopic (exact) mass is 155 g/mol. The van der Waals surface area contributed by atoms with Gasteiger partial charge in [-0.25, -0.2) is 4.98 Å². The Morgan fingerprint density at radius 2 is 2.70 bits per heavy atom. The average Bonchev–Trinajstić information content (AvgIpc) is 2.41. The Hall–Kier alpha value is -0.900. The molecule has 4 heteroatoms. The molecule has 0 aliphatic heterocycles. The number of nitrogens with one attached hydrogen (secondary N) is 1. The van der Waals surface area contributed by atoms with Crippen molar-refractivity contribution in [3.63, 3.8) is 0 Å². The number of anilines is 1. The van der Waals surface area contributed by atoms with E-state index in [1.165, 1.54) is 11.5 Å². The summed E-state index contributed by atoms with van der Waals surface area (Å²) in [6, 6.07) is 0. The molecular formula is C6H9N3S. The Morgan fingerprint density at radius 3 is 3.30 bits per heavy atom. The molecule has 1 N–H and O–H groups in total. The first-order chi connectivity index (χ1) is 4.93. The van der Waals surface area contributed by atoms with Crippen LogP contribution in [0.15, 0.2) is 19.0 Å². The van der Waals surface area contributed by atoms with Crippen molar-refractivity contribution in [3.8, 4) is 0 Å². The van der Waals surface area contributed by atoms with Gasteiger partial charge < -0.3 is 5.32 Å². The van der Waals surface area contributed by atoms with E-state index >= 15 is 0 Å². The maximum Gasteiger partial charge on any atom is 0.202 e. The first-order valence-corrected chi connectivity index (χ1v) is 3.82. The second-order valence-electron chi connectivity index (χ2n) is 1.75. The molecule has 1 aromatic rings. The van der Waals surface area contributed by atoms with Gasteiger partial charge in [-0.05, 0) is 6.42 Å². The summed E-state index contributed by atoms with van der Waals surface area (Å²) in [5.41, 5.74) is 0. The molecule has 0 aliphatic carbocycles. The van der Waals surface area contributed by atoms with Crippen molar-refractivity contribution in [1.29, 1.82) is 0 Å². The summed E-state index contributed by atoms with van der Waals surface area (Å²) >= 11 is 1.37. The Bertz CT molecular complexity index is 183. The molecule has 0 fully saturated rings. The smallest absolute Gasteiger partial charge is 0.202 e. The van der Waals surface area contributed by atoms with E-state index in [4.69, 9.17) is 0 Å². The van der Waals surface area contributed by atoms with E-state index in [0.717, 1.165) is 18.1 Å². The van der Waals surface area contributed by atoms with E-state index in [2.05, 4.69) is 21.3 Å². The molecular weight excluding hydrogens is 146 g/mol. The van der Waals surface area contributed by atoms with E-state index in [9.17, 15) is 0 Å². The molecule has 0 saturated carbocycles. The Labute approximate surface area is 64.0 Å². The van der Waals surface area contributed by atoms with Gasteiger partial charge in [-0.2, -0.15) is 4.37 Å². The van der Waals surface area contributed by atoms with Crippen LogP contribution in [-0.4, -0.2) is 15.9 Å². The predicted octanol–water partition coefficient (Wildman–Crippen LogP) is 1.53. The minimum absolute atomic E-state index is 0.877. The van der Waals surface area contributed by atoms with Crippen molar-refractivity contribution in [2.75, 3.05) is 11.9 Å². The highest BCUT2D eigenvalue weighted by Gasteiger charge is 1.90. The zero-order valence-electron chi connectivity index (χ0n) is 5.58. The standard InChI is InChI=1S/C6H9N3S/c1-2-3-4-7-6-8-5-9-10-6/h2,5H,1,3-4H2,(H,7,8,9). The van der Waals surface area contributed by atoms with E-state index in [0.29, 0.717) is 0 Å². The van der Waals surface area contributed by atoms with Gasteiger partial charge in [-0.3, -0.25) is 0 Å². The minimum atomic E-state index is 0.877. The first-order valence-electron chi connectivity index (χ1n) is 3.05. The quantitative estimate of drug-likeness (QED) is 0.529. The highest BCUT2D eigenvalue weighted by Crippen LogP contribution is 2.05. The van der Waals surface area contributed by atoms with Gasteiger partial charge >= 0.3 is 0 Å². The van der Waals surface area contributed by atoms with E-state index in [-0.39, 0.29) is 0 Å². The van der Waals surface area contributed by atoms with Crippen LogP contribution < -0.4 is 5.32 Å². The van der Waals surface area contributed by atoms with Crippen LogP contribution in [0.3, 0.4) is 0 Å².